The van der Waals surface area contributed by atoms with E-state index < -0.39 is 16.6 Å². The molecule has 140 valence electrons. The summed E-state index contributed by atoms with van der Waals surface area (Å²) in [4.78, 5) is 38.5. The fourth-order valence-electron chi connectivity index (χ4n) is 3.09. The van der Waals surface area contributed by atoms with E-state index in [0.29, 0.717) is 12.8 Å². The van der Waals surface area contributed by atoms with Crippen molar-refractivity contribution in [3.8, 4) is 0 Å². The molecule has 0 spiro atoms. The number of rotatable bonds is 4. The Hall–Kier alpha value is -2.22. The lowest BCUT2D eigenvalue weighted by atomic mass is 10.2. The number of anilines is 1. The third kappa shape index (κ3) is 3.51. The van der Waals surface area contributed by atoms with Crippen LogP contribution >= 0.6 is 11.8 Å². The molecule has 2 heterocycles. The Labute approximate surface area is 156 Å². The number of nitrogens with zero attached hydrogens (tertiary/aromatic N) is 1. The summed E-state index contributed by atoms with van der Waals surface area (Å²) < 4.78 is 5.15. The van der Waals surface area contributed by atoms with Gasteiger partial charge in [-0.05, 0) is 39.3 Å². The maximum absolute atomic E-state index is 12.9. The largest absolute Gasteiger partial charge is 0.444 e. The minimum atomic E-state index is -0.924. The highest BCUT2D eigenvalue weighted by Crippen LogP contribution is 2.55. The summed E-state index contributed by atoms with van der Waals surface area (Å²) in [6.45, 7) is 5.87. The average molecular weight is 377 g/mol. The maximum atomic E-state index is 12.9. The van der Waals surface area contributed by atoms with Crippen LogP contribution in [-0.4, -0.2) is 41.5 Å². The third-order valence-corrected chi connectivity index (χ3v) is 5.58. The Bertz CT molecular complexity index is 746. The van der Waals surface area contributed by atoms with Crippen molar-refractivity contribution in [2.75, 3.05) is 18.0 Å². The Morgan fingerprint density at radius 1 is 1.23 bits per heavy atom. The molecule has 0 saturated carbocycles. The maximum Gasteiger partial charge on any atom is 0.407 e. The van der Waals surface area contributed by atoms with Crippen molar-refractivity contribution in [2.45, 2.75) is 49.0 Å². The number of amides is 3. The van der Waals surface area contributed by atoms with E-state index in [1.807, 2.05) is 24.3 Å². The summed E-state index contributed by atoms with van der Waals surface area (Å²) in [5, 5.41) is 5.44. The first-order valence-corrected chi connectivity index (χ1v) is 9.41. The number of hydrogen-bond donors (Lipinski definition) is 2. The van der Waals surface area contributed by atoms with Crippen molar-refractivity contribution >= 4 is 35.4 Å². The summed E-state index contributed by atoms with van der Waals surface area (Å²) in [6, 6.07) is 7.55. The molecule has 3 rings (SSSR count). The van der Waals surface area contributed by atoms with Crippen LogP contribution in [0, 0.1) is 0 Å². The standard InChI is InChI=1S/C18H23N3O4S/c1-17(2,3)25-16(24)20-11-10-19-15(23)18-9-8-14(22)21(18)12-6-4-5-7-13(12)26-18/h4-7H,8-11H2,1-3H3,(H,19,23)(H,20,24)/t18-/m1/s1. The number of carbonyl (C=O) groups excluding carboxylic acids is 3. The predicted octanol–water partition coefficient (Wildman–Crippen LogP) is 2.26. The molecular weight excluding hydrogens is 354 g/mol. The van der Waals surface area contributed by atoms with E-state index in [9.17, 15) is 14.4 Å². The van der Waals surface area contributed by atoms with Gasteiger partial charge in [0, 0.05) is 24.4 Å². The average Bonchev–Trinajstić information content (AvgIpc) is 3.06. The molecule has 0 aromatic heterocycles. The van der Waals surface area contributed by atoms with Gasteiger partial charge in [-0.3, -0.25) is 14.5 Å². The highest BCUT2D eigenvalue weighted by atomic mass is 32.2. The first-order chi connectivity index (χ1) is 12.2. The predicted molar refractivity (Wildman–Crippen MR) is 99.0 cm³/mol. The van der Waals surface area contributed by atoms with Gasteiger partial charge in [0.05, 0.1) is 5.69 Å². The van der Waals surface area contributed by atoms with Crippen LogP contribution in [0.5, 0.6) is 0 Å². The molecule has 2 N–H and O–H groups in total. The lowest BCUT2D eigenvalue weighted by Crippen LogP contribution is -2.53. The van der Waals surface area contributed by atoms with Crippen LogP contribution in [0.4, 0.5) is 10.5 Å². The van der Waals surface area contributed by atoms with E-state index in [0.717, 1.165) is 10.6 Å². The molecule has 3 amide bonds. The highest BCUT2D eigenvalue weighted by molar-refractivity contribution is 8.02. The van der Waals surface area contributed by atoms with E-state index in [1.165, 1.54) is 11.8 Å². The van der Waals surface area contributed by atoms with Crippen molar-refractivity contribution in [3.05, 3.63) is 24.3 Å². The molecular formula is C18H23N3O4S. The Morgan fingerprint density at radius 2 is 1.92 bits per heavy atom. The Morgan fingerprint density at radius 3 is 2.65 bits per heavy atom. The molecule has 0 bridgehead atoms. The molecule has 0 radical (unpaired) electrons. The van der Waals surface area contributed by atoms with Crippen molar-refractivity contribution in [1.82, 2.24) is 10.6 Å². The van der Waals surface area contributed by atoms with Gasteiger partial charge in [0.2, 0.25) is 5.91 Å². The van der Waals surface area contributed by atoms with Gasteiger partial charge >= 0.3 is 6.09 Å². The summed E-state index contributed by atoms with van der Waals surface area (Å²) in [6.07, 6.45) is 0.298. The van der Waals surface area contributed by atoms with Gasteiger partial charge in [-0.1, -0.05) is 23.9 Å². The second kappa shape index (κ2) is 6.83. The Kier molecular flexibility index (Phi) is 4.88. The van der Waals surface area contributed by atoms with Crippen LogP contribution in [0.1, 0.15) is 33.6 Å². The molecule has 1 fully saturated rings. The molecule has 0 unspecified atom stereocenters. The summed E-state index contributed by atoms with van der Waals surface area (Å²) >= 11 is 1.42. The smallest absolute Gasteiger partial charge is 0.407 e. The zero-order valence-electron chi connectivity index (χ0n) is 15.1. The number of benzene rings is 1. The van der Waals surface area contributed by atoms with Crippen LogP contribution < -0.4 is 15.5 Å². The summed E-state index contributed by atoms with van der Waals surface area (Å²) in [5.74, 6) is -0.250. The fourth-order valence-corrected chi connectivity index (χ4v) is 4.53. The van der Waals surface area contributed by atoms with E-state index >= 15 is 0 Å². The molecule has 7 nitrogen and oxygen atoms in total. The fraction of sp³-hybridized carbons (Fsp3) is 0.500. The van der Waals surface area contributed by atoms with Gasteiger partial charge in [-0.2, -0.15) is 0 Å². The van der Waals surface area contributed by atoms with Crippen LogP contribution in [0.2, 0.25) is 0 Å². The SMILES string of the molecule is CC(C)(C)OC(=O)NCCNC(=O)[C@]12CCC(=O)N1c1ccccc1S2. The number of ether oxygens (including phenoxy) is 1. The van der Waals surface area contributed by atoms with Gasteiger partial charge in [0.15, 0.2) is 4.87 Å². The van der Waals surface area contributed by atoms with Crippen LogP contribution in [-0.2, 0) is 14.3 Å². The molecule has 2 aliphatic heterocycles. The van der Waals surface area contributed by atoms with Crippen LogP contribution in [0.15, 0.2) is 29.2 Å². The lowest BCUT2D eigenvalue weighted by Gasteiger charge is -2.29. The number of thioether (sulfide) groups is 1. The van der Waals surface area contributed by atoms with Crippen molar-refractivity contribution < 1.29 is 19.1 Å². The normalized spacial score (nSPS) is 21.2. The van der Waals surface area contributed by atoms with Gasteiger partial charge < -0.3 is 15.4 Å². The van der Waals surface area contributed by atoms with E-state index in [-0.39, 0.29) is 24.9 Å². The van der Waals surface area contributed by atoms with Gasteiger partial charge in [0.1, 0.15) is 5.60 Å². The zero-order valence-corrected chi connectivity index (χ0v) is 15.9. The quantitative estimate of drug-likeness (QED) is 0.786. The molecule has 8 heteroatoms. The molecule has 1 aromatic rings. The third-order valence-electron chi connectivity index (χ3n) is 4.11. The summed E-state index contributed by atoms with van der Waals surface area (Å²) in [7, 11) is 0. The second-order valence-corrected chi connectivity index (χ2v) is 8.59. The minimum Gasteiger partial charge on any atom is -0.444 e. The molecule has 2 aliphatic rings. The Balaban J connectivity index is 1.58. The van der Waals surface area contributed by atoms with Gasteiger partial charge in [-0.15, -0.1) is 0 Å². The van der Waals surface area contributed by atoms with Crippen LogP contribution in [0.25, 0.3) is 0 Å². The van der Waals surface area contributed by atoms with E-state index in [1.54, 1.807) is 25.7 Å². The molecule has 26 heavy (non-hydrogen) atoms. The number of hydrogen-bond acceptors (Lipinski definition) is 5. The van der Waals surface area contributed by atoms with Crippen molar-refractivity contribution in [3.63, 3.8) is 0 Å². The van der Waals surface area contributed by atoms with E-state index in [2.05, 4.69) is 10.6 Å². The first kappa shape index (κ1) is 18.6. The topological polar surface area (TPSA) is 87.7 Å². The molecule has 1 atom stereocenters. The summed E-state index contributed by atoms with van der Waals surface area (Å²) in [5.41, 5.74) is 0.227. The number of alkyl carbamates (subject to hydrolysis) is 1. The van der Waals surface area contributed by atoms with Gasteiger partial charge in [0.25, 0.3) is 5.91 Å². The van der Waals surface area contributed by atoms with Gasteiger partial charge in [-0.25, -0.2) is 4.79 Å². The monoisotopic (exact) mass is 377 g/mol. The number of carbonyl (C=O) groups is 3. The second-order valence-electron chi connectivity index (χ2n) is 7.27. The number of para-hydroxylation sites is 1. The molecule has 1 aromatic carbocycles. The zero-order chi connectivity index (χ0) is 18.9. The number of nitrogens with one attached hydrogen (secondary N) is 2. The number of fused-ring (bicyclic) bond motifs is 3. The molecule has 1 saturated heterocycles. The van der Waals surface area contributed by atoms with Crippen molar-refractivity contribution in [2.24, 2.45) is 0 Å². The van der Waals surface area contributed by atoms with E-state index in [4.69, 9.17) is 4.74 Å². The molecule has 0 aliphatic carbocycles. The van der Waals surface area contributed by atoms with Crippen molar-refractivity contribution in [1.29, 1.82) is 0 Å². The highest BCUT2D eigenvalue weighted by Gasteiger charge is 2.57. The first-order valence-electron chi connectivity index (χ1n) is 8.59. The minimum absolute atomic E-state index is 0.0375. The lowest BCUT2D eigenvalue weighted by molar-refractivity contribution is -0.124. The van der Waals surface area contributed by atoms with Crippen LogP contribution in [0.3, 0.4) is 0 Å².